The molecule has 210 valence electrons. The summed E-state index contributed by atoms with van der Waals surface area (Å²) in [6.07, 6.45) is 3.94. The molecule has 12 heteroatoms. The predicted octanol–water partition coefficient (Wildman–Crippen LogP) is 4.65. The predicted molar refractivity (Wildman–Crippen MR) is 148 cm³/mol. The van der Waals surface area contributed by atoms with Crippen LogP contribution in [0.15, 0.2) is 40.0 Å². The van der Waals surface area contributed by atoms with Gasteiger partial charge in [-0.2, -0.15) is 0 Å². The number of benzene rings is 1. The number of nitrogens with one attached hydrogen (secondary N) is 1. The summed E-state index contributed by atoms with van der Waals surface area (Å²) < 4.78 is 11.2. The third-order valence-electron chi connectivity index (χ3n) is 6.29. The van der Waals surface area contributed by atoms with Gasteiger partial charge in [-0.25, -0.2) is 4.79 Å². The van der Waals surface area contributed by atoms with Crippen molar-refractivity contribution in [3.63, 3.8) is 0 Å². The van der Waals surface area contributed by atoms with Gasteiger partial charge in [-0.1, -0.05) is 50.2 Å². The first-order valence-corrected chi connectivity index (χ1v) is 13.7. The van der Waals surface area contributed by atoms with Crippen molar-refractivity contribution >= 4 is 42.5 Å². The molecule has 0 saturated heterocycles. The van der Waals surface area contributed by atoms with Gasteiger partial charge in [0.2, 0.25) is 12.2 Å². The van der Waals surface area contributed by atoms with Gasteiger partial charge >= 0.3 is 6.09 Å². The van der Waals surface area contributed by atoms with Crippen molar-refractivity contribution in [2.24, 2.45) is 5.92 Å². The lowest BCUT2D eigenvalue weighted by molar-refractivity contribution is -0.129. The topological polar surface area (TPSA) is 118 Å². The molecule has 1 unspecified atom stereocenters. The van der Waals surface area contributed by atoms with Crippen LogP contribution in [-0.2, 0) is 4.79 Å². The van der Waals surface area contributed by atoms with E-state index in [1.54, 1.807) is 24.3 Å². The minimum Gasteiger partial charge on any atom is -0.410 e. The van der Waals surface area contributed by atoms with Crippen LogP contribution in [0.5, 0.6) is 5.75 Å². The molecule has 1 aliphatic carbocycles. The highest BCUT2D eigenvalue weighted by molar-refractivity contribution is 7.99. The van der Waals surface area contributed by atoms with Gasteiger partial charge in [0.15, 0.2) is 0 Å². The summed E-state index contributed by atoms with van der Waals surface area (Å²) in [4.78, 5) is 42.7. The average molecular weight is 568 g/mol. The largest absolute Gasteiger partial charge is 0.414 e. The van der Waals surface area contributed by atoms with Crippen molar-refractivity contribution < 1.29 is 23.5 Å². The molecule has 1 atom stereocenters. The SMILES string of the molecule is CC(C)CC(C(=O)c1nnc(SCCN(C)C)o1)N(C=O)C1(NC(=O)Oc2ccccc2)CCCCC1.Cl. The first kappa shape index (κ1) is 31.6. The average Bonchev–Trinajstić information content (AvgIpc) is 3.33. The molecule has 1 heterocycles. The number of para-hydroxylation sites is 1. The van der Waals surface area contributed by atoms with Crippen molar-refractivity contribution in [2.75, 3.05) is 26.4 Å². The molecule has 10 nitrogen and oxygen atoms in total. The minimum absolute atomic E-state index is 0. The lowest BCUT2D eigenvalue weighted by Gasteiger charge is -2.47. The summed E-state index contributed by atoms with van der Waals surface area (Å²) >= 11 is 1.37. The zero-order valence-corrected chi connectivity index (χ0v) is 24.1. The van der Waals surface area contributed by atoms with E-state index in [4.69, 9.17) is 9.15 Å². The van der Waals surface area contributed by atoms with Crippen LogP contribution in [0.4, 0.5) is 4.79 Å². The van der Waals surface area contributed by atoms with Crippen molar-refractivity contribution in [2.45, 2.75) is 69.3 Å². The van der Waals surface area contributed by atoms with Crippen LogP contribution in [-0.4, -0.2) is 76.4 Å². The summed E-state index contributed by atoms with van der Waals surface area (Å²) in [7, 11) is 3.94. The fraction of sp³-hybridized carbons (Fsp3) is 0.577. The Morgan fingerprint density at radius 2 is 1.84 bits per heavy atom. The number of nitrogens with zero attached hydrogens (tertiary/aromatic N) is 4. The molecular weight excluding hydrogens is 530 g/mol. The lowest BCUT2D eigenvalue weighted by Crippen LogP contribution is -2.65. The molecule has 1 aromatic carbocycles. The summed E-state index contributed by atoms with van der Waals surface area (Å²) in [6.45, 7) is 4.77. The Balaban J connectivity index is 0.00000507. The van der Waals surface area contributed by atoms with E-state index < -0.39 is 23.6 Å². The van der Waals surface area contributed by atoms with Crippen molar-refractivity contribution in [1.82, 2.24) is 25.3 Å². The Morgan fingerprint density at radius 1 is 1.16 bits per heavy atom. The van der Waals surface area contributed by atoms with Gasteiger partial charge in [-0.15, -0.1) is 22.6 Å². The van der Waals surface area contributed by atoms with E-state index in [9.17, 15) is 14.4 Å². The number of halogens is 1. The molecule has 1 aliphatic rings. The molecule has 0 spiro atoms. The second-order valence-electron chi connectivity index (χ2n) is 9.97. The maximum absolute atomic E-state index is 13.7. The number of hydrogen-bond acceptors (Lipinski definition) is 9. The van der Waals surface area contributed by atoms with Gasteiger partial charge < -0.3 is 19.0 Å². The van der Waals surface area contributed by atoms with Gasteiger partial charge in [-0.3, -0.25) is 14.9 Å². The normalized spacial score (nSPS) is 15.4. The fourth-order valence-corrected chi connectivity index (χ4v) is 5.35. The van der Waals surface area contributed by atoms with E-state index in [1.807, 2.05) is 38.9 Å². The monoisotopic (exact) mass is 567 g/mol. The number of hydrogen-bond donors (Lipinski definition) is 1. The summed E-state index contributed by atoms with van der Waals surface area (Å²) in [5.74, 6) is 0.641. The van der Waals surface area contributed by atoms with Gasteiger partial charge in [0.05, 0.1) is 0 Å². The number of carbonyl (C=O) groups is 3. The summed E-state index contributed by atoms with van der Waals surface area (Å²) in [5, 5.41) is 11.3. The van der Waals surface area contributed by atoms with E-state index in [0.717, 1.165) is 31.6 Å². The number of rotatable bonds is 13. The van der Waals surface area contributed by atoms with Crippen molar-refractivity contribution in [1.29, 1.82) is 0 Å². The number of thioether (sulfide) groups is 1. The maximum Gasteiger partial charge on any atom is 0.414 e. The Morgan fingerprint density at radius 3 is 2.45 bits per heavy atom. The van der Waals surface area contributed by atoms with Crippen LogP contribution >= 0.6 is 24.2 Å². The molecule has 0 aliphatic heterocycles. The summed E-state index contributed by atoms with van der Waals surface area (Å²) in [5.41, 5.74) is -1.07. The van der Waals surface area contributed by atoms with Gasteiger partial charge in [0, 0.05) is 12.3 Å². The fourth-order valence-electron chi connectivity index (χ4n) is 4.49. The molecule has 38 heavy (non-hydrogen) atoms. The molecule has 3 rings (SSSR count). The van der Waals surface area contributed by atoms with Crippen LogP contribution in [0.25, 0.3) is 0 Å². The van der Waals surface area contributed by atoms with Gasteiger partial charge in [-0.05, 0) is 64.3 Å². The van der Waals surface area contributed by atoms with E-state index >= 15 is 0 Å². The van der Waals surface area contributed by atoms with E-state index in [1.165, 1.54) is 16.7 Å². The Labute approximate surface area is 234 Å². The minimum atomic E-state index is -1.07. The number of amides is 2. The highest BCUT2D eigenvalue weighted by atomic mass is 35.5. The smallest absolute Gasteiger partial charge is 0.410 e. The molecule has 2 amide bonds. The first-order chi connectivity index (χ1) is 17.7. The third-order valence-corrected chi connectivity index (χ3v) is 7.09. The number of ketones is 1. The highest BCUT2D eigenvalue weighted by Crippen LogP contribution is 2.34. The van der Waals surface area contributed by atoms with E-state index in [0.29, 0.717) is 36.6 Å². The number of ether oxygens (including phenoxy) is 1. The van der Waals surface area contributed by atoms with Crippen LogP contribution in [0.3, 0.4) is 0 Å². The van der Waals surface area contributed by atoms with Crippen molar-refractivity contribution in [3.8, 4) is 5.75 Å². The lowest BCUT2D eigenvalue weighted by atomic mass is 9.85. The van der Waals surface area contributed by atoms with E-state index in [-0.39, 0.29) is 24.2 Å². The molecular formula is C26H38ClN5O5S. The third kappa shape index (κ3) is 8.71. The van der Waals surface area contributed by atoms with E-state index in [2.05, 4.69) is 15.5 Å². The zero-order chi connectivity index (χ0) is 26.8. The molecule has 1 saturated carbocycles. The number of Topliss-reactive ketones (excluding diaryl/α,β-unsaturated/α-hetero) is 1. The molecule has 1 fully saturated rings. The van der Waals surface area contributed by atoms with Crippen LogP contribution < -0.4 is 10.1 Å². The molecule has 1 aromatic heterocycles. The second-order valence-corrected chi connectivity index (χ2v) is 11.0. The highest BCUT2D eigenvalue weighted by Gasteiger charge is 2.46. The Hall–Kier alpha value is -2.63. The Kier molecular flexibility index (Phi) is 12.5. The van der Waals surface area contributed by atoms with Gasteiger partial charge in [0.1, 0.15) is 17.5 Å². The first-order valence-electron chi connectivity index (χ1n) is 12.7. The van der Waals surface area contributed by atoms with Crippen LogP contribution in [0.1, 0.15) is 63.1 Å². The standard InChI is InChI=1S/C26H37N5O5S.ClH/c1-19(2)17-21(22(33)23-28-29-25(36-23)37-16-15-30(3)4)31(18-32)26(13-9-6-10-14-26)27-24(34)35-20-11-7-5-8-12-20;/h5,7-8,11-12,18-19,21H,6,9-10,13-17H2,1-4H3,(H,27,34);1H. The quantitative estimate of drug-likeness (QED) is 0.160. The number of aromatic nitrogens is 2. The van der Waals surface area contributed by atoms with Crippen LogP contribution in [0.2, 0.25) is 0 Å². The number of carbonyl (C=O) groups excluding carboxylic acids is 3. The van der Waals surface area contributed by atoms with Gasteiger partial charge in [0.25, 0.3) is 11.1 Å². The second kappa shape index (κ2) is 15.1. The molecule has 1 N–H and O–H groups in total. The summed E-state index contributed by atoms with van der Waals surface area (Å²) in [6, 6.07) is 7.84. The Bertz CT molecular complexity index is 1030. The maximum atomic E-state index is 13.7. The van der Waals surface area contributed by atoms with Crippen molar-refractivity contribution in [3.05, 3.63) is 36.2 Å². The van der Waals surface area contributed by atoms with Crippen LogP contribution in [0, 0.1) is 5.92 Å². The molecule has 0 radical (unpaired) electrons. The molecule has 0 bridgehead atoms. The zero-order valence-electron chi connectivity index (χ0n) is 22.4. The molecule has 2 aromatic rings.